The summed E-state index contributed by atoms with van der Waals surface area (Å²) in [6.07, 6.45) is 1.76. The lowest BCUT2D eigenvalue weighted by Crippen LogP contribution is -2.21. The lowest BCUT2D eigenvalue weighted by Gasteiger charge is -2.05. The molecule has 0 aromatic rings. The van der Waals surface area contributed by atoms with Gasteiger partial charge in [0.05, 0.1) is 0 Å². The molecule has 0 radical (unpaired) electrons. The second-order valence-corrected chi connectivity index (χ2v) is 4.02. The molecule has 0 saturated carbocycles. The Labute approximate surface area is 81.5 Å². The minimum atomic E-state index is -2.94. The van der Waals surface area contributed by atoms with Crippen molar-refractivity contribution in [1.29, 1.82) is 0 Å². The van der Waals surface area contributed by atoms with E-state index >= 15 is 0 Å². The van der Waals surface area contributed by atoms with Crippen molar-refractivity contribution in [2.75, 3.05) is 0 Å². The Kier molecular flexibility index (Phi) is 2.77. The van der Waals surface area contributed by atoms with Crippen molar-refractivity contribution in [3.8, 4) is 0 Å². The molecule has 0 bridgehead atoms. The van der Waals surface area contributed by atoms with E-state index in [4.69, 9.17) is 10.2 Å². The van der Waals surface area contributed by atoms with Crippen molar-refractivity contribution < 1.29 is 27.0 Å². The van der Waals surface area contributed by atoms with E-state index < -0.39 is 41.8 Å². The lowest BCUT2D eigenvalue weighted by molar-refractivity contribution is 0.360. The second-order valence-electron chi connectivity index (χ2n) is 2.23. The predicted molar refractivity (Wildman–Crippen MR) is 49.3 cm³/mol. The molecule has 0 aliphatic heterocycles. The molecular weight excluding hydrogens is 232 g/mol. The highest BCUT2D eigenvalue weighted by Crippen LogP contribution is 2.09. The van der Waals surface area contributed by atoms with Gasteiger partial charge in [-0.15, -0.1) is 0 Å². The third kappa shape index (κ3) is 1.70. The zero-order valence-electron chi connectivity index (χ0n) is 6.50. The van der Waals surface area contributed by atoms with Gasteiger partial charge in [-0.05, 0) is 12.2 Å². The van der Waals surface area contributed by atoms with Crippen molar-refractivity contribution >= 4 is 30.3 Å². The minimum absolute atomic E-state index is 0.589. The molecule has 8 heteroatoms. The molecule has 0 spiro atoms. The minimum Gasteiger partial charge on any atom is -0.504 e. The number of aliphatic hydroxyl groups is 2. The van der Waals surface area contributed by atoms with Crippen LogP contribution in [0.4, 0.5) is 0 Å². The zero-order chi connectivity index (χ0) is 10.9. The first-order valence-electron chi connectivity index (χ1n) is 3.18. The van der Waals surface area contributed by atoms with E-state index in [-0.39, 0.29) is 0 Å². The molecule has 14 heavy (non-hydrogen) atoms. The van der Waals surface area contributed by atoms with Crippen LogP contribution >= 0.6 is 0 Å². The van der Waals surface area contributed by atoms with E-state index in [2.05, 4.69) is 0 Å². The SMILES string of the molecule is O=S(=O)=C1C=CC(O)=C(O)C1=S(=O)=O. The largest absolute Gasteiger partial charge is 0.504 e. The average Bonchev–Trinajstić information content (AvgIpc) is 2.08. The lowest BCUT2D eigenvalue weighted by atomic mass is 10.1. The van der Waals surface area contributed by atoms with Gasteiger partial charge in [0.25, 0.3) is 0 Å². The fourth-order valence-electron chi connectivity index (χ4n) is 0.835. The van der Waals surface area contributed by atoms with Gasteiger partial charge in [0, 0.05) is 0 Å². The molecule has 0 aromatic carbocycles. The summed E-state index contributed by atoms with van der Waals surface area (Å²) in [6.45, 7) is 0. The van der Waals surface area contributed by atoms with Gasteiger partial charge in [0.15, 0.2) is 16.4 Å². The number of hydrogen-bond acceptors (Lipinski definition) is 6. The average molecular weight is 236 g/mol. The zero-order valence-corrected chi connectivity index (χ0v) is 8.13. The Morgan fingerprint density at radius 2 is 1.50 bits per heavy atom. The van der Waals surface area contributed by atoms with Crippen LogP contribution in [0.2, 0.25) is 0 Å². The van der Waals surface area contributed by atoms with Crippen molar-refractivity contribution in [2.24, 2.45) is 0 Å². The van der Waals surface area contributed by atoms with Gasteiger partial charge in [0.1, 0.15) is 4.86 Å². The third-order valence-corrected chi connectivity index (χ3v) is 3.00. The molecule has 76 valence electrons. The van der Waals surface area contributed by atoms with E-state index in [0.29, 0.717) is 0 Å². The van der Waals surface area contributed by atoms with E-state index in [1.807, 2.05) is 0 Å². The van der Waals surface area contributed by atoms with Crippen LogP contribution in [0.15, 0.2) is 23.7 Å². The molecule has 1 aliphatic carbocycles. The molecule has 0 unspecified atom stereocenters. The van der Waals surface area contributed by atoms with Crippen molar-refractivity contribution in [1.82, 2.24) is 0 Å². The van der Waals surface area contributed by atoms with Crippen LogP contribution in [0.5, 0.6) is 0 Å². The van der Waals surface area contributed by atoms with Crippen LogP contribution in [-0.4, -0.2) is 36.8 Å². The molecule has 0 atom stereocenters. The van der Waals surface area contributed by atoms with E-state index in [1.165, 1.54) is 0 Å². The van der Waals surface area contributed by atoms with Crippen molar-refractivity contribution in [3.63, 3.8) is 0 Å². The highest BCUT2D eigenvalue weighted by molar-refractivity contribution is 7.83. The Morgan fingerprint density at radius 3 is 1.93 bits per heavy atom. The molecule has 0 saturated heterocycles. The molecule has 0 aromatic heterocycles. The van der Waals surface area contributed by atoms with Crippen LogP contribution in [0.3, 0.4) is 0 Å². The monoisotopic (exact) mass is 236 g/mol. The summed E-state index contributed by atoms with van der Waals surface area (Å²) in [4.78, 5) is -1.42. The number of allylic oxidation sites excluding steroid dienone is 3. The van der Waals surface area contributed by atoms with Crippen LogP contribution in [0.1, 0.15) is 0 Å². The van der Waals surface area contributed by atoms with Gasteiger partial charge in [-0.2, -0.15) is 16.8 Å². The standard InChI is InChI=1S/C6H4O6S2/c7-3-1-2-4(13(9)10)6(5(3)8)14(11)12/h1-2,7-8H. The quantitative estimate of drug-likeness (QED) is 0.521. The van der Waals surface area contributed by atoms with Gasteiger partial charge in [0.2, 0.25) is 20.6 Å². The topological polar surface area (TPSA) is 109 Å². The molecule has 1 rings (SSSR count). The Bertz CT molecular complexity index is 583. The number of aliphatic hydroxyl groups excluding tert-OH is 2. The normalized spacial score (nSPS) is 16.0. The first-order chi connectivity index (χ1) is 6.45. The van der Waals surface area contributed by atoms with E-state index in [9.17, 15) is 16.8 Å². The summed E-state index contributed by atoms with van der Waals surface area (Å²) in [6, 6.07) is 0. The Morgan fingerprint density at radius 1 is 0.929 bits per heavy atom. The smallest absolute Gasteiger partial charge is 0.227 e. The fraction of sp³-hybridized carbons (Fsp3) is 0. The molecule has 0 heterocycles. The summed E-state index contributed by atoms with van der Waals surface area (Å²) in [7, 11) is -5.73. The molecule has 0 amide bonds. The molecular formula is C6H4O6S2. The van der Waals surface area contributed by atoms with Crippen LogP contribution in [-0.2, 0) is 20.6 Å². The summed E-state index contributed by atoms with van der Waals surface area (Å²) < 4.78 is 42.2. The van der Waals surface area contributed by atoms with Gasteiger partial charge in [-0.3, -0.25) is 0 Å². The molecule has 6 nitrogen and oxygen atoms in total. The Hall–Kier alpha value is -1.54. The van der Waals surface area contributed by atoms with Gasteiger partial charge >= 0.3 is 0 Å². The summed E-state index contributed by atoms with van der Waals surface area (Å²) in [5.41, 5.74) is 0. The summed E-state index contributed by atoms with van der Waals surface area (Å²) in [5, 5.41) is 18.0. The first-order valence-corrected chi connectivity index (χ1v) is 5.33. The maximum atomic E-state index is 10.6. The molecule has 2 N–H and O–H groups in total. The maximum absolute atomic E-state index is 10.6. The first kappa shape index (κ1) is 10.5. The number of hydrogen-bond donors (Lipinski definition) is 2. The van der Waals surface area contributed by atoms with Gasteiger partial charge in [-0.25, -0.2) is 0 Å². The highest BCUT2D eigenvalue weighted by atomic mass is 32.2. The van der Waals surface area contributed by atoms with Crippen LogP contribution < -0.4 is 0 Å². The van der Waals surface area contributed by atoms with E-state index in [0.717, 1.165) is 12.2 Å². The highest BCUT2D eigenvalue weighted by Gasteiger charge is 2.22. The summed E-state index contributed by atoms with van der Waals surface area (Å²) >= 11 is 0. The summed E-state index contributed by atoms with van der Waals surface area (Å²) in [5.74, 6) is -1.67. The third-order valence-electron chi connectivity index (χ3n) is 1.42. The Balaban J connectivity index is 3.77. The van der Waals surface area contributed by atoms with Crippen LogP contribution in [0.25, 0.3) is 0 Å². The van der Waals surface area contributed by atoms with Crippen LogP contribution in [0, 0.1) is 0 Å². The van der Waals surface area contributed by atoms with Gasteiger partial charge < -0.3 is 10.2 Å². The number of rotatable bonds is 0. The fourth-order valence-corrected chi connectivity index (χ4v) is 2.16. The second kappa shape index (κ2) is 3.68. The predicted octanol–water partition coefficient (Wildman–Crippen LogP) is -1.01. The van der Waals surface area contributed by atoms with Gasteiger partial charge in [-0.1, -0.05) is 0 Å². The van der Waals surface area contributed by atoms with Crippen molar-refractivity contribution in [3.05, 3.63) is 23.7 Å². The maximum Gasteiger partial charge on any atom is 0.227 e. The van der Waals surface area contributed by atoms with Crippen molar-refractivity contribution in [2.45, 2.75) is 0 Å². The molecule has 0 fully saturated rings. The van der Waals surface area contributed by atoms with E-state index in [1.54, 1.807) is 0 Å². The molecule has 1 aliphatic rings.